The maximum absolute atomic E-state index is 12.9. The van der Waals surface area contributed by atoms with Crippen molar-refractivity contribution in [1.29, 1.82) is 0 Å². The zero-order valence-electron chi connectivity index (χ0n) is 15.8. The normalized spacial score (nSPS) is 20.9. The molecule has 138 valence electrons. The Kier molecular flexibility index (Phi) is 6.03. The summed E-state index contributed by atoms with van der Waals surface area (Å²) in [6.45, 7) is 8.09. The number of hydrogen-bond donors (Lipinski definition) is 1. The highest BCUT2D eigenvalue weighted by molar-refractivity contribution is 6.01. The number of ketones is 1. The molecule has 1 aromatic heterocycles. The number of aromatic amines is 1. The molecular formula is C19H28N2O4. The molecule has 1 fully saturated rings. The van der Waals surface area contributed by atoms with E-state index >= 15 is 0 Å². The highest BCUT2D eigenvalue weighted by atomic mass is 16.5. The Morgan fingerprint density at radius 2 is 1.92 bits per heavy atom. The maximum atomic E-state index is 12.9. The number of rotatable bonds is 4. The summed E-state index contributed by atoms with van der Waals surface area (Å²) < 4.78 is 4.84. The molecule has 0 aliphatic carbocycles. The predicted octanol–water partition coefficient (Wildman–Crippen LogP) is 2.89. The van der Waals surface area contributed by atoms with Crippen molar-refractivity contribution in [2.24, 2.45) is 5.92 Å². The minimum absolute atomic E-state index is 0.0252. The topological polar surface area (TPSA) is 79.5 Å². The van der Waals surface area contributed by atoms with Gasteiger partial charge in [0.15, 0.2) is 5.78 Å². The van der Waals surface area contributed by atoms with Crippen molar-refractivity contribution >= 4 is 17.7 Å². The number of carbonyl (C=O) groups excluding carboxylic acids is 3. The number of amides is 1. The second-order valence-electron chi connectivity index (χ2n) is 7.13. The molecule has 25 heavy (non-hydrogen) atoms. The van der Waals surface area contributed by atoms with Gasteiger partial charge in [-0.2, -0.15) is 0 Å². The van der Waals surface area contributed by atoms with E-state index in [1.807, 2.05) is 4.90 Å². The van der Waals surface area contributed by atoms with E-state index in [0.29, 0.717) is 28.4 Å². The predicted molar refractivity (Wildman–Crippen MR) is 94.8 cm³/mol. The van der Waals surface area contributed by atoms with E-state index in [1.54, 1.807) is 6.92 Å². The van der Waals surface area contributed by atoms with Crippen molar-refractivity contribution in [2.45, 2.75) is 59.4 Å². The Morgan fingerprint density at radius 1 is 1.24 bits per heavy atom. The summed E-state index contributed by atoms with van der Waals surface area (Å²) in [6, 6.07) is 0.183. The zero-order valence-corrected chi connectivity index (χ0v) is 15.8. The standard InChI is InChI=1S/C19H28N2O4/c1-11-7-6-8-12(2)21(10-11)16(23)9-15-17(19(24)25-5)13(3)18(20-15)14(4)22/h11-12,20H,6-10H2,1-5H3/t11-,12-/m0/s1. The average Bonchev–Trinajstić information content (AvgIpc) is 2.77. The lowest BCUT2D eigenvalue weighted by molar-refractivity contribution is -0.132. The second kappa shape index (κ2) is 7.85. The lowest BCUT2D eigenvalue weighted by Crippen LogP contribution is -2.41. The van der Waals surface area contributed by atoms with Crippen LogP contribution in [0.2, 0.25) is 0 Å². The molecule has 1 aliphatic heterocycles. The summed E-state index contributed by atoms with van der Waals surface area (Å²) in [4.78, 5) is 41.7. The number of methoxy groups -OCH3 is 1. The number of aromatic nitrogens is 1. The fraction of sp³-hybridized carbons (Fsp3) is 0.632. The van der Waals surface area contributed by atoms with E-state index < -0.39 is 5.97 Å². The van der Waals surface area contributed by atoms with E-state index in [2.05, 4.69) is 18.8 Å². The van der Waals surface area contributed by atoms with Crippen LogP contribution in [0.3, 0.4) is 0 Å². The Morgan fingerprint density at radius 3 is 2.52 bits per heavy atom. The lowest BCUT2D eigenvalue weighted by Gasteiger charge is -2.28. The third-order valence-electron chi connectivity index (χ3n) is 5.08. The second-order valence-corrected chi connectivity index (χ2v) is 7.13. The summed E-state index contributed by atoms with van der Waals surface area (Å²) in [5.41, 5.74) is 1.67. The van der Waals surface area contributed by atoms with Gasteiger partial charge in [-0.05, 0) is 38.2 Å². The van der Waals surface area contributed by atoms with Crippen LogP contribution in [0.1, 0.15) is 72.1 Å². The van der Waals surface area contributed by atoms with E-state index in [-0.39, 0.29) is 24.2 Å². The number of nitrogens with zero attached hydrogens (tertiary/aromatic N) is 1. The van der Waals surface area contributed by atoms with Gasteiger partial charge in [0.05, 0.1) is 24.8 Å². The first-order valence-electron chi connectivity index (χ1n) is 8.86. The quantitative estimate of drug-likeness (QED) is 0.670. The molecule has 2 heterocycles. The summed E-state index contributed by atoms with van der Waals surface area (Å²) >= 11 is 0. The Labute approximate surface area is 148 Å². The van der Waals surface area contributed by atoms with Gasteiger partial charge >= 0.3 is 5.97 Å². The van der Waals surface area contributed by atoms with Crippen molar-refractivity contribution in [3.63, 3.8) is 0 Å². The fourth-order valence-electron chi connectivity index (χ4n) is 3.65. The molecule has 0 unspecified atom stereocenters. The van der Waals surface area contributed by atoms with Gasteiger partial charge in [0.2, 0.25) is 5.91 Å². The largest absolute Gasteiger partial charge is 0.465 e. The van der Waals surface area contributed by atoms with Gasteiger partial charge in [-0.25, -0.2) is 4.79 Å². The summed E-state index contributed by atoms with van der Waals surface area (Å²) in [7, 11) is 1.30. The third kappa shape index (κ3) is 4.11. The zero-order chi connectivity index (χ0) is 18.7. The van der Waals surface area contributed by atoms with Gasteiger partial charge in [-0.1, -0.05) is 13.3 Å². The Hall–Kier alpha value is -2.11. The van der Waals surface area contributed by atoms with Crippen molar-refractivity contribution in [3.8, 4) is 0 Å². The summed E-state index contributed by atoms with van der Waals surface area (Å²) in [6.07, 6.45) is 3.30. The average molecular weight is 348 g/mol. The molecule has 1 N–H and O–H groups in total. The van der Waals surface area contributed by atoms with E-state index in [9.17, 15) is 14.4 Å². The highest BCUT2D eigenvalue weighted by Gasteiger charge is 2.29. The van der Waals surface area contributed by atoms with Crippen molar-refractivity contribution < 1.29 is 19.1 Å². The number of esters is 1. The van der Waals surface area contributed by atoms with E-state index in [1.165, 1.54) is 14.0 Å². The molecule has 1 amide bonds. The molecular weight excluding hydrogens is 320 g/mol. The van der Waals surface area contributed by atoms with Gasteiger partial charge < -0.3 is 14.6 Å². The molecule has 1 aromatic rings. The third-order valence-corrected chi connectivity index (χ3v) is 5.08. The number of ether oxygens (including phenoxy) is 1. The lowest BCUT2D eigenvalue weighted by atomic mass is 10.1. The van der Waals surface area contributed by atoms with Crippen molar-refractivity contribution in [2.75, 3.05) is 13.7 Å². The van der Waals surface area contributed by atoms with Crippen LogP contribution in [0.15, 0.2) is 0 Å². The van der Waals surface area contributed by atoms with Crippen LogP contribution < -0.4 is 0 Å². The van der Waals surface area contributed by atoms with Crippen LogP contribution >= 0.6 is 0 Å². The smallest absolute Gasteiger partial charge is 0.339 e. The van der Waals surface area contributed by atoms with Gasteiger partial charge in [0, 0.05) is 25.2 Å². The van der Waals surface area contributed by atoms with Crippen LogP contribution in [0.5, 0.6) is 0 Å². The maximum Gasteiger partial charge on any atom is 0.339 e. The van der Waals surface area contributed by atoms with E-state index in [0.717, 1.165) is 25.8 Å². The number of hydrogen-bond acceptors (Lipinski definition) is 4. The molecule has 0 aromatic carbocycles. The van der Waals surface area contributed by atoms with Gasteiger partial charge in [0.25, 0.3) is 0 Å². The van der Waals surface area contributed by atoms with Gasteiger partial charge in [-0.3, -0.25) is 9.59 Å². The van der Waals surface area contributed by atoms with Crippen LogP contribution in [0.25, 0.3) is 0 Å². The molecule has 6 heteroatoms. The minimum atomic E-state index is -0.527. The number of carbonyl (C=O) groups is 3. The molecule has 1 aliphatic rings. The van der Waals surface area contributed by atoms with E-state index in [4.69, 9.17) is 4.74 Å². The van der Waals surface area contributed by atoms with Crippen LogP contribution in [0.4, 0.5) is 0 Å². The molecule has 0 bridgehead atoms. The first kappa shape index (κ1) is 19.2. The van der Waals surface area contributed by atoms with Gasteiger partial charge in [-0.15, -0.1) is 0 Å². The Balaban J connectivity index is 2.32. The number of Topliss-reactive ketones (excluding diaryl/α,β-unsaturated/α-hetero) is 1. The van der Waals surface area contributed by atoms with Crippen LogP contribution in [-0.2, 0) is 16.0 Å². The first-order chi connectivity index (χ1) is 11.8. The number of likely N-dealkylation sites (tertiary alicyclic amines) is 1. The molecule has 2 rings (SSSR count). The molecule has 0 saturated carbocycles. The van der Waals surface area contributed by atoms with Crippen molar-refractivity contribution in [1.82, 2.24) is 9.88 Å². The van der Waals surface area contributed by atoms with Gasteiger partial charge in [0.1, 0.15) is 0 Å². The molecule has 0 spiro atoms. The van der Waals surface area contributed by atoms with Crippen molar-refractivity contribution in [3.05, 3.63) is 22.5 Å². The minimum Gasteiger partial charge on any atom is -0.465 e. The molecule has 0 radical (unpaired) electrons. The Bertz CT molecular complexity index is 677. The summed E-state index contributed by atoms with van der Waals surface area (Å²) in [5, 5.41) is 0. The van der Waals surface area contributed by atoms with Crippen LogP contribution in [0, 0.1) is 12.8 Å². The number of H-pyrrole nitrogens is 1. The number of nitrogens with one attached hydrogen (secondary N) is 1. The molecule has 1 saturated heterocycles. The molecule has 2 atom stereocenters. The SMILES string of the molecule is COC(=O)c1c(CC(=O)N2C[C@@H](C)CCC[C@@H]2C)[nH]c(C(C)=O)c1C. The molecule has 6 nitrogen and oxygen atoms in total. The highest BCUT2D eigenvalue weighted by Crippen LogP contribution is 2.24. The fourth-order valence-corrected chi connectivity index (χ4v) is 3.65. The van der Waals surface area contributed by atoms with Crippen LogP contribution in [-0.4, -0.2) is 47.2 Å². The first-order valence-corrected chi connectivity index (χ1v) is 8.86. The summed E-state index contributed by atoms with van der Waals surface area (Å²) in [5.74, 6) is -0.255. The monoisotopic (exact) mass is 348 g/mol.